The zero-order chi connectivity index (χ0) is 15.3. The summed E-state index contributed by atoms with van der Waals surface area (Å²) in [5.74, 6) is -0.552. The van der Waals surface area contributed by atoms with E-state index in [1.54, 1.807) is 4.90 Å². The predicted octanol–water partition coefficient (Wildman–Crippen LogP) is 3.25. The summed E-state index contributed by atoms with van der Waals surface area (Å²) in [5.41, 5.74) is 5.74. The van der Waals surface area contributed by atoms with Crippen molar-refractivity contribution in [3.63, 3.8) is 0 Å². The van der Waals surface area contributed by atoms with Gasteiger partial charge in [0.15, 0.2) is 0 Å². The molecule has 0 atom stereocenters. The van der Waals surface area contributed by atoms with Crippen molar-refractivity contribution in [2.24, 2.45) is 11.7 Å². The Morgan fingerprint density at radius 3 is 2.65 bits per heavy atom. The summed E-state index contributed by atoms with van der Waals surface area (Å²) in [4.78, 5) is 14.4. The highest BCUT2D eigenvalue weighted by molar-refractivity contribution is 7.80. The Bertz CT molecular complexity index is 508. The molecule has 0 saturated heterocycles. The molecule has 1 amide bonds. The van der Waals surface area contributed by atoms with Crippen LogP contribution in [-0.4, -0.2) is 28.9 Å². The Labute approximate surface area is 128 Å². The van der Waals surface area contributed by atoms with Gasteiger partial charge in [-0.2, -0.15) is 0 Å². The summed E-state index contributed by atoms with van der Waals surface area (Å²) >= 11 is 10.4. The van der Waals surface area contributed by atoms with Crippen molar-refractivity contribution >= 4 is 34.7 Å². The summed E-state index contributed by atoms with van der Waals surface area (Å²) in [6, 6.07) is 4.05. The molecule has 0 radical (unpaired) electrons. The van der Waals surface area contributed by atoms with Crippen LogP contribution < -0.4 is 5.73 Å². The van der Waals surface area contributed by atoms with E-state index in [1.165, 1.54) is 12.1 Å². The lowest BCUT2D eigenvalue weighted by atomic mass is 10.1. The highest BCUT2D eigenvalue weighted by Crippen LogP contribution is 2.17. The molecule has 0 fully saturated rings. The van der Waals surface area contributed by atoms with E-state index in [0.717, 1.165) is 6.07 Å². The maximum absolute atomic E-state index is 13.4. The van der Waals surface area contributed by atoms with Crippen LogP contribution in [0.2, 0.25) is 5.02 Å². The van der Waals surface area contributed by atoms with Crippen LogP contribution in [0.3, 0.4) is 0 Å². The summed E-state index contributed by atoms with van der Waals surface area (Å²) in [5, 5.41) is 0.0000885. The molecule has 6 heteroatoms. The first-order valence-electron chi connectivity index (χ1n) is 6.34. The standard InChI is InChI=1S/C14H18ClFN2OS/c1-9(2)8-18(6-5-13(17)20)14(19)10-3-4-11(15)12(16)7-10/h3-4,7,9H,5-6,8H2,1-2H3,(H2,17,20). The number of hydrogen-bond acceptors (Lipinski definition) is 2. The summed E-state index contributed by atoms with van der Waals surface area (Å²) in [6.45, 7) is 5.00. The number of halogens is 2. The van der Waals surface area contributed by atoms with E-state index < -0.39 is 5.82 Å². The lowest BCUT2D eigenvalue weighted by Crippen LogP contribution is -2.36. The van der Waals surface area contributed by atoms with Crippen LogP contribution in [0, 0.1) is 11.7 Å². The van der Waals surface area contributed by atoms with Crippen LogP contribution in [0.1, 0.15) is 30.6 Å². The number of nitrogens with zero attached hydrogens (tertiary/aromatic N) is 1. The van der Waals surface area contributed by atoms with Crippen molar-refractivity contribution in [2.45, 2.75) is 20.3 Å². The van der Waals surface area contributed by atoms with Crippen LogP contribution in [0.5, 0.6) is 0 Å². The van der Waals surface area contributed by atoms with Crippen molar-refractivity contribution in [1.29, 1.82) is 0 Å². The Morgan fingerprint density at radius 2 is 2.15 bits per heavy atom. The number of nitrogens with two attached hydrogens (primary N) is 1. The van der Waals surface area contributed by atoms with Gasteiger partial charge in [0.25, 0.3) is 5.91 Å². The number of carbonyl (C=O) groups excluding carboxylic acids is 1. The zero-order valence-electron chi connectivity index (χ0n) is 11.5. The van der Waals surface area contributed by atoms with Gasteiger partial charge in [0.2, 0.25) is 0 Å². The summed E-state index contributed by atoms with van der Waals surface area (Å²) in [7, 11) is 0. The maximum atomic E-state index is 13.4. The predicted molar refractivity (Wildman–Crippen MR) is 83.6 cm³/mol. The molecule has 0 spiro atoms. The minimum atomic E-state index is -0.601. The van der Waals surface area contributed by atoms with Gasteiger partial charge in [-0.05, 0) is 24.1 Å². The van der Waals surface area contributed by atoms with Crippen LogP contribution in [-0.2, 0) is 0 Å². The quantitative estimate of drug-likeness (QED) is 0.819. The first-order valence-corrected chi connectivity index (χ1v) is 7.12. The van der Waals surface area contributed by atoms with Crippen molar-refractivity contribution in [2.75, 3.05) is 13.1 Å². The molecule has 0 unspecified atom stereocenters. The van der Waals surface area contributed by atoms with Gasteiger partial charge in [-0.25, -0.2) is 4.39 Å². The molecule has 0 bridgehead atoms. The number of amides is 1. The van der Waals surface area contributed by atoms with Crippen LogP contribution in [0.25, 0.3) is 0 Å². The van der Waals surface area contributed by atoms with E-state index in [1.807, 2.05) is 13.8 Å². The molecule has 2 N–H and O–H groups in total. The molecule has 1 aromatic carbocycles. The molecule has 1 rings (SSSR count). The molecule has 0 heterocycles. The fourth-order valence-corrected chi connectivity index (χ4v) is 1.98. The number of rotatable bonds is 6. The Balaban J connectivity index is 2.90. The molecular formula is C14H18ClFN2OS. The minimum absolute atomic E-state index is 0.0000885. The first-order chi connectivity index (χ1) is 9.31. The SMILES string of the molecule is CC(C)CN(CCC(N)=S)C(=O)c1ccc(Cl)c(F)c1. The fraction of sp³-hybridized carbons (Fsp3) is 0.429. The maximum Gasteiger partial charge on any atom is 0.253 e. The third-order valence-electron chi connectivity index (χ3n) is 2.67. The van der Waals surface area contributed by atoms with Crippen molar-refractivity contribution in [3.05, 3.63) is 34.6 Å². The van der Waals surface area contributed by atoms with Crippen molar-refractivity contribution in [3.8, 4) is 0 Å². The summed E-state index contributed by atoms with van der Waals surface area (Å²) in [6.07, 6.45) is 0.448. The lowest BCUT2D eigenvalue weighted by molar-refractivity contribution is 0.0740. The van der Waals surface area contributed by atoms with E-state index in [0.29, 0.717) is 30.4 Å². The van der Waals surface area contributed by atoms with E-state index in [4.69, 9.17) is 29.6 Å². The van der Waals surface area contributed by atoms with Crippen molar-refractivity contribution < 1.29 is 9.18 Å². The Morgan fingerprint density at radius 1 is 1.50 bits per heavy atom. The van der Waals surface area contributed by atoms with Crippen LogP contribution in [0.4, 0.5) is 4.39 Å². The van der Waals surface area contributed by atoms with Crippen LogP contribution >= 0.6 is 23.8 Å². The van der Waals surface area contributed by atoms with Gasteiger partial charge >= 0.3 is 0 Å². The lowest BCUT2D eigenvalue weighted by Gasteiger charge is -2.24. The molecule has 0 saturated carbocycles. The second kappa shape index (κ2) is 7.55. The molecule has 0 aliphatic rings. The van der Waals surface area contributed by atoms with Crippen molar-refractivity contribution in [1.82, 2.24) is 4.90 Å². The second-order valence-electron chi connectivity index (χ2n) is 4.99. The van der Waals surface area contributed by atoms with E-state index >= 15 is 0 Å². The van der Waals surface area contributed by atoms with Gasteiger partial charge in [-0.15, -0.1) is 0 Å². The van der Waals surface area contributed by atoms with E-state index in [9.17, 15) is 9.18 Å². The van der Waals surface area contributed by atoms with Gasteiger partial charge in [-0.1, -0.05) is 37.7 Å². The largest absolute Gasteiger partial charge is 0.393 e. The third kappa shape index (κ3) is 5.06. The van der Waals surface area contributed by atoms with Gasteiger partial charge in [-0.3, -0.25) is 4.79 Å². The highest BCUT2D eigenvalue weighted by atomic mass is 35.5. The topological polar surface area (TPSA) is 46.3 Å². The van der Waals surface area contributed by atoms with Crippen LogP contribution in [0.15, 0.2) is 18.2 Å². The Hall–Kier alpha value is -1.20. The molecule has 20 heavy (non-hydrogen) atoms. The average Bonchev–Trinajstić information content (AvgIpc) is 2.36. The second-order valence-corrected chi connectivity index (χ2v) is 5.92. The zero-order valence-corrected chi connectivity index (χ0v) is 13.1. The Kier molecular flexibility index (Phi) is 6.36. The molecule has 1 aromatic rings. The summed E-state index contributed by atoms with van der Waals surface area (Å²) < 4.78 is 13.4. The minimum Gasteiger partial charge on any atom is -0.393 e. The van der Waals surface area contributed by atoms with E-state index in [-0.39, 0.29) is 16.5 Å². The molecule has 0 aliphatic carbocycles. The number of benzene rings is 1. The number of thiocarbonyl (C=S) groups is 1. The van der Waals surface area contributed by atoms with Gasteiger partial charge in [0.05, 0.1) is 10.0 Å². The molecular weight excluding hydrogens is 299 g/mol. The molecule has 3 nitrogen and oxygen atoms in total. The number of hydrogen-bond donors (Lipinski definition) is 1. The number of carbonyl (C=O) groups is 1. The van der Waals surface area contributed by atoms with Gasteiger partial charge < -0.3 is 10.6 Å². The molecule has 110 valence electrons. The third-order valence-corrected chi connectivity index (χ3v) is 3.18. The highest BCUT2D eigenvalue weighted by Gasteiger charge is 2.18. The fourth-order valence-electron chi connectivity index (χ4n) is 1.77. The first kappa shape index (κ1) is 16.9. The monoisotopic (exact) mass is 316 g/mol. The smallest absolute Gasteiger partial charge is 0.253 e. The van der Waals surface area contributed by atoms with Gasteiger partial charge in [0, 0.05) is 25.1 Å². The normalized spacial score (nSPS) is 10.7. The van der Waals surface area contributed by atoms with E-state index in [2.05, 4.69) is 0 Å². The average molecular weight is 317 g/mol. The molecule has 0 aliphatic heterocycles. The van der Waals surface area contributed by atoms with Gasteiger partial charge in [0.1, 0.15) is 5.82 Å². The molecule has 0 aromatic heterocycles.